The van der Waals surface area contributed by atoms with Gasteiger partial charge in [0.05, 0.1) is 16.7 Å². The molecule has 2 N–H and O–H groups in total. The van der Waals surface area contributed by atoms with Gasteiger partial charge >= 0.3 is 0 Å². The summed E-state index contributed by atoms with van der Waals surface area (Å²) in [6.45, 7) is 5.29. The van der Waals surface area contributed by atoms with Crippen molar-refractivity contribution >= 4 is 28.3 Å². The molecule has 0 saturated heterocycles. The number of aromatic nitrogens is 2. The number of nitrogens with zero attached hydrogens (tertiary/aromatic N) is 1. The Morgan fingerprint density at radius 1 is 1.20 bits per heavy atom. The molecule has 0 fully saturated rings. The standard InChI is InChI=1S/C18H24F2N2O.C9H8ClFO/c1-3-5-13(6-4-2)18(19,20)17(23)15-14-8-7-11(14)9-12-10-21-22-16(12)15;1-6(12)4-7-2-3-8(10)9(11)5-7/h9-10,13,17,23H,3-8H2,1-2H3,(H,21,22);2-3,5H,4H2,1H3. The normalized spacial score (nSPS) is 13.7. The van der Waals surface area contributed by atoms with Crippen LogP contribution in [0.1, 0.15) is 74.8 Å². The van der Waals surface area contributed by atoms with Crippen molar-refractivity contribution in [2.24, 2.45) is 5.92 Å². The number of Topliss-reactive ketones (excluding diaryl/α,β-unsaturated/α-hetero) is 1. The predicted octanol–water partition coefficient (Wildman–Crippen LogP) is 7.16. The largest absolute Gasteiger partial charge is 0.382 e. The first-order valence-electron chi connectivity index (χ1n) is 12.1. The summed E-state index contributed by atoms with van der Waals surface area (Å²) in [5.41, 5.74) is 3.52. The maximum absolute atomic E-state index is 15.0. The molecule has 8 heteroatoms. The highest BCUT2D eigenvalue weighted by molar-refractivity contribution is 6.30. The first-order chi connectivity index (χ1) is 16.6. The lowest BCUT2D eigenvalue weighted by atomic mass is 9.78. The second-order valence-corrected chi connectivity index (χ2v) is 9.65. The van der Waals surface area contributed by atoms with E-state index in [1.54, 1.807) is 12.3 Å². The summed E-state index contributed by atoms with van der Waals surface area (Å²) in [6, 6.07) is 6.37. The van der Waals surface area contributed by atoms with Crippen molar-refractivity contribution in [2.75, 3.05) is 0 Å². The predicted molar refractivity (Wildman–Crippen MR) is 133 cm³/mol. The Balaban J connectivity index is 0.000000241. The summed E-state index contributed by atoms with van der Waals surface area (Å²) in [5.74, 6) is -4.39. The van der Waals surface area contributed by atoms with E-state index in [0.29, 0.717) is 42.3 Å². The molecule has 0 saturated carbocycles. The van der Waals surface area contributed by atoms with Crippen LogP contribution in [0.5, 0.6) is 0 Å². The number of ketones is 1. The number of aliphatic hydroxyl groups excluding tert-OH is 1. The van der Waals surface area contributed by atoms with E-state index in [4.69, 9.17) is 11.6 Å². The second-order valence-electron chi connectivity index (χ2n) is 9.24. The molecule has 1 unspecified atom stereocenters. The third-order valence-electron chi connectivity index (χ3n) is 6.52. The minimum atomic E-state index is -3.13. The summed E-state index contributed by atoms with van der Waals surface area (Å²) in [4.78, 5) is 10.7. The lowest BCUT2D eigenvalue weighted by Crippen LogP contribution is -2.36. The Bertz CT molecular complexity index is 1170. The molecule has 0 aliphatic heterocycles. The van der Waals surface area contributed by atoms with Crippen molar-refractivity contribution in [3.63, 3.8) is 0 Å². The number of hydrogen-bond donors (Lipinski definition) is 2. The number of hydrogen-bond acceptors (Lipinski definition) is 3. The Morgan fingerprint density at radius 3 is 2.43 bits per heavy atom. The zero-order valence-electron chi connectivity index (χ0n) is 20.3. The van der Waals surface area contributed by atoms with Gasteiger partial charge in [-0.25, -0.2) is 13.2 Å². The molecule has 0 bridgehead atoms. The van der Waals surface area contributed by atoms with E-state index in [-0.39, 0.29) is 17.2 Å². The topological polar surface area (TPSA) is 66.0 Å². The van der Waals surface area contributed by atoms with Crippen molar-refractivity contribution in [2.45, 2.75) is 77.7 Å². The van der Waals surface area contributed by atoms with Crippen LogP contribution in [0.4, 0.5) is 13.2 Å². The van der Waals surface area contributed by atoms with Gasteiger partial charge in [-0.1, -0.05) is 44.4 Å². The molecule has 1 aromatic heterocycles. The van der Waals surface area contributed by atoms with Crippen molar-refractivity contribution in [1.29, 1.82) is 0 Å². The van der Waals surface area contributed by atoms with Crippen LogP contribution >= 0.6 is 11.6 Å². The Labute approximate surface area is 208 Å². The highest BCUT2D eigenvalue weighted by Crippen LogP contribution is 2.46. The summed E-state index contributed by atoms with van der Waals surface area (Å²) in [5, 5.41) is 18.3. The van der Waals surface area contributed by atoms with Crippen molar-refractivity contribution in [1.82, 2.24) is 10.2 Å². The summed E-state index contributed by atoms with van der Waals surface area (Å²) in [6.07, 6.45) is 4.00. The number of fused-ring (bicyclic) bond motifs is 2. The van der Waals surface area contributed by atoms with Gasteiger partial charge in [0.25, 0.3) is 5.92 Å². The number of carbonyl (C=O) groups is 1. The second kappa shape index (κ2) is 11.6. The van der Waals surface area contributed by atoms with Crippen LogP contribution in [0.2, 0.25) is 5.02 Å². The van der Waals surface area contributed by atoms with Crippen LogP contribution in [0, 0.1) is 11.7 Å². The number of H-pyrrole nitrogens is 1. The monoisotopic (exact) mass is 508 g/mol. The van der Waals surface area contributed by atoms with Gasteiger partial charge in [-0.05, 0) is 67.5 Å². The number of benzene rings is 2. The summed E-state index contributed by atoms with van der Waals surface area (Å²) >= 11 is 5.46. The average Bonchev–Trinajstić information content (AvgIpc) is 3.25. The Hall–Kier alpha value is -2.38. The molecule has 2 aromatic carbocycles. The third-order valence-corrected chi connectivity index (χ3v) is 6.83. The van der Waals surface area contributed by atoms with E-state index in [9.17, 15) is 14.3 Å². The van der Waals surface area contributed by atoms with E-state index < -0.39 is 23.8 Å². The molecule has 0 amide bonds. The lowest BCUT2D eigenvalue weighted by molar-refractivity contribution is -0.154. The molecule has 3 aromatic rings. The molecule has 1 atom stereocenters. The molecular weight excluding hydrogens is 477 g/mol. The van der Waals surface area contributed by atoms with Crippen LogP contribution in [0.25, 0.3) is 10.9 Å². The first-order valence-corrected chi connectivity index (χ1v) is 12.4. The molecule has 190 valence electrons. The van der Waals surface area contributed by atoms with Crippen LogP contribution in [-0.2, 0) is 24.1 Å². The number of aliphatic hydroxyl groups is 1. The van der Waals surface area contributed by atoms with E-state index in [1.165, 1.54) is 19.1 Å². The maximum atomic E-state index is 15.0. The number of alkyl halides is 2. The minimum absolute atomic E-state index is 0.0109. The third kappa shape index (κ3) is 6.07. The van der Waals surface area contributed by atoms with Gasteiger partial charge in [-0.2, -0.15) is 5.10 Å². The number of aryl methyl sites for hydroxylation is 1. The molecule has 1 heterocycles. The highest BCUT2D eigenvalue weighted by Gasteiger charge is 2.48. The lowest BCUT2D eigenvalue weighted by Gasteiger charge is -2.34. The first kappa shape index (κ1) is 27.2. The van der Waals surface area contributed by atoms with Gasteiger partial charge in [0, 0.05) is 23.3 Å². The molecule has 4 nitrogen and oxygen atoms in total. The van der Waals surface area contributed by atoms with Crippen LogP contribution < -0.4 is 0 Å². The molecule has 1 aliphatic carbocycles. The fraction of sp³-hybridized carbons (Fsp3) is 0.481. The van der Waals surface area contributed by atoms with Crippen LogP contribution in [0.15, 0.2) is 30.5 Å². The van der Waals surface area contributed by atoms with Gasteiger partial charge in [0.1, 0.15) is 17.7 Å². The van der Waals surface area contributed by atoms with Gasteiger partial charge in [0.15, 0.2) is 0 Å². The Morgan fingerprint density at radius 2 is 1.89 bits per heavy atom. The molecular formula is C27H32ClF3N2O2. The molecule has 0 spiro atoms. The maximum Gasteiger partial charge on any atom is 0.280 e. The zero-order valence-corrected chi connectivity index (χ0v) is 21.1. The summed E-state index contributed by atoms with van der Waals surface area (Å²) < 4.78 is 42.8. The highest BCUT2D eigenvalue weighted by atomic mass is 35.5. The number of carbonyl (C=O) groups excluding carboxylic acids is 1. The average molecular weight is 509 g/mol. The quantitative estimate of drug-likeness (QED) is 0.322. The Kier molecular flexibility index (Phi) is 9.00. The molecule has 4 rings (SSSR count). The van der Waals surface area contributed by atoms with Crippen LogP contribution in [0.3, 0.4) is 0 Å². The van der Waals surface area contributed by atoms with E-state index in [0.717, 1.165) is 29.4 Å². The molecule has 35 heavy (non-hydrogen) atoms. The fourth-order valence-corrected chi connectivity index (χ4v) is 4.82. The van der Waals surface area contributed by atoms with Gasteiger partial charge in [-0.3, -0.25) is 9.89 Å². The minimum Gasteiger partial charge on any atom is -0.382 e. The van der Waals surface area contributed by atoms with E-state index in [1.807, 2.05) is 19.9 Å². The van der Waals surface area contributed by atoms with E-state index in [2.05, 4.69) is 10.2 Å². The van der Waals surface area contributed by atoms with E-state index >= 15 is 8.78 Å². The van der Waals surface area contributed by atoms with Crippen LogP contribution in [-0.4, -0.2) is 27.0 Å². The SMILES string of the molecule is CC(=O)Cc1ccc(Cl)c(F)c1.CCCC(CCC)C(F)(F)C(O)c1c2c(cc3cn[nH]c13)CC2. The van der Waals surface area contributed by atoms with Crippen molar-refractivity contribution in [3.8, 4) is 0 Å². The van der Waals surface area contributed by atoms with Crippen molar-refractivity contribution < 1.29 is 23.1 Å². The number of rotatable bonds is 9. The van der Waals surface area contributed by atoms with Gasteiger partial charge in [0.2, 0.25) is 0 Å². The van der Waals surface area contributed by atoms with Crippen molar-refractivity contribution in [3.05, 3.63) is 63.6 Å². The number of halogens is 4. The van der Waals surface area contributed by atoms with Gasteiger partial charge in [-0.15, -0.1) is 0 Å². The summed E-state index contributed by atoms with van der Waals surface area (Å²) in [7, 11) is 0. The fourth-order valence-electron chi connectivity index (χ4n) is 4.70. The molecule has 1 aliphatic rings. The number of nitrogens with one attached hydrogen (secondary N) is 1. The van der Waals surface area contributed by atoms with Gasteiger partial charge < -0.3 is 5.11 Å². The zero-order chi connectivity index (χ0) is 25.8. The smallest absolute Gasteiger partial charge is 0.280 e. The molecule has 0 radical (unpaired) electrons. The number of aromatic amines is 1.